The summed E-state index contributed by atoms with van der Waals surface area (Å²) in [6.07, 6.45) is 6.97. The van der Waals surface area contributed by atoms with Gasteiger partial charge in [0.15, 0.2) is 0 Å². The molecule has 2 heteroatoms. The second kappa shape index (κ2) is 7.25. The molecule has 0 saturated carbocycles. The number of carbonyl (C=O) groups is 1. The van der Waals surface area contributed by atoms with Gasteiger partial charge in [-0.1, -0.05) is 5.92 Å². The number of hydrogen-bond acceptors (Lipinski definition) is 1. The number of amides is 1. The summed E-state index contributed by atoms with van der Waals surface area (Å²) in [5.41, 5.74) is 0. The minimum absolute atomic E-state index is 0.0621. The summed E-state index contributed by atoms with van der Waals surface area (Å²) in [5.74, 6) is 5.27. The molecule has 0 N–H and O–H groups in total. The lowest BCUT2D eigenvalue weighted by Crippen LogP contribution is -2.25. The minimum atomic E-state index is 0.0621. The van der Waals surface area contributed by atoms with E-state index in [1.54, 1.807) is 6.92 Å². The molecule has 0 bridgehead atoms. The number of hydrogen-bond donors (Lipinski definition) is 0. The molecular formula is C11H15NO. The molecule has 0 aliphatic carbocycles. The largest absolute Gasteiger partial charge is 0.274 e. The maximum atomic E-state index is 11.4. The Labute approximate surface area is 80.3 Å². The van der Waals surface area contributed by atoms with Gasteiger partial charge >= 0.3 is 0 Å². The fourth-order valence-corrected chi connectivity index (χ4v) is 0.929. The molecule has 2 nitrogen and oxygen atoms in total. The van der Waals surface area contributed by atoms with E-state index >= 15 is 0 Å². The highest BCUT2D eigenvalue weighted by Gasteiger charge is 2.07. The number of carbonyl (C=O) groups excluding carboxylic acids is 1. The van der Waals surface area contributed by atoms with Gasteiger partial charge in [-0.25, -0.2) is 0 Å². The van der Waals surface area contributed by atoms with Crippen molar-refractivity contribution in [3.63, 3.8) is 0 Å². The Balaban J connectivity index is 3.91. The van der Waals surface area contributed by atoms with Gasteiger partial charge in [0.25, 0.3) is 0 Å². The quantitative estimate of drug-likeness (QED) is 0.363. The summed E-state index contributed by atoms with van der Waals surface area (Å²) >= 11 is 0. The smallest absolute Gasteiger partial charge is 0.234 e. The van der Waals surface area contributed by atoms with Crippen LogP contribution >= 0.6 is 0 Å². The van der Waals surface area contributed by atoms with Crippen LogP contribution in [-0.2, 0) is 4.79 Å². The molecule has 0 rings (SSSR count). The normalized spacial score (nSPS) is 8.08. The Hall–Kier alpha value is -1.41. The van der Waals surface area contributed by atoms with Crippen LogP contribution in [0.2, 0.25) is 0 Å². The van der Waals surface area contributed by atoms with Gasteiger partial charge in [0.05, 0.1) is 0 Å². The van der Waals surface area contributed by atoms with Gasteiger partial charge in [-0.05, 0) is 20.3 Å². The lowest BCUT2D eigenvalue weighted by molar-refractivity contribution is -0.127. The first-order chi connectivity index (χ1) is 6.26. The van der Waals surface area contributed by atoms with E-state index in [-0.39, 0.29) is 5.91 Å². The van der Waals surface area contributed by atoms with Crippen LogP contribution in [0.5, 0.6) is 0 Å². The fourth-order valence-electron chi connectivity index (χ4n) is 0.929. The van der Waals surface area contributed by atoms with Gasteiger partial charge in [-0.15, -0.1) is 12.3 Å². The van der Waals surface area contributed by atoms with E-state index in [4.69, 9.17) is 6.42 Å². The van der Waals surface area contributed by atoms with E-state index in [1.807, 2.05) is 6.92 Å². The molecule has 0 radical (unpaired) electrons. The molecule has 0 spiro atoms. The number of rotatable bonds is 4. The highest BCUT2D eigenvalue weighted by atomic mass is 16.2. The van der Waals surface area contributed by atoms with Gasteiger partial charge in [0.2, 0.25) is 5.91 Å². The highest BCUT2D eigenvalue weighted by molar-refractivity contribution is 5.77. The predicted octanol–water partition coefficient (Wildman–Crippen LogP) is 1.62. The van der Waals surface area contributed by atoms with Crippen molar-refractivity contribution in [2.45, 2.75) is 33.1 Å². The van der Waals surface area contributed by atoms with E-state index in [9.17, 15) is 4.79 Å². The Morgan fingerprint density at radius 2 is 2.23 bits per heavy atom. The summed E-state index contributed by atoms with van der Waals surface area (Å²) in [4.78, 5) is 12.9. The zero-order chi connectivity index (χ0) is 10.1. The lowest BCUT2D eigenvalue weighted by Gasteiger charge is -2.11. The third-order valence-corrected chi connectivity index (χ3v) is 1.58. The fraction of sp³-hybridized carbons (Fsp3) is 0.545. The number of nitrogens with zero attached hydrogens (tertiary/aromatic N) is 1. The maximum Gasteiger partial charge on any atom is 0.234 e. The van der Waals surface area contributed by atoms with E-state index in [0.29, 0.717) is 19.4 Å². The molecule has 0 aromatic heterocycles. The monoisotopic (exact) mass is 177 g/mol. The molecule has 0 heterocycles. The van der Waals surface area contributed by atoms with Gasteiger partial charge in [0.1, 0.15) is 0 Å². The lowest BCUT2D eigenvalue weighted by atomic mass is 10.2. The number of terminal acetylenes is 1. The topological polar surface area (TPSA) is 20.3 Å². The van der Waals surface area contributed by atoms with Crippen molar-refractivity contribution in [3.05, 3.63) is 0 Å². The first kappa shape index (κ1) is 11.6. The van der Waals surface area contributed by atoms with E-state index in [1.165, 1.54) is 4.90 Å². The molecule has 0 atom stereocenters. The third-order valence-electron chi connectivity index (χ3n) is 1.58. The van der Waals surface area contributed by atoms with Gasteiger partial charge in [-0.2, -0.15) is 0 Å². The van der Waals surface area contributed by atoms with Crippen molar-refractivity contribution in [2.75, 3.05) is 6.54 Å². The average molecular weight is 177 g/mol. The molecule has 1 amide bonds. The SMILES string of the molecule is C#CCCCC(=O)N(C#CC)CC. The summed E-state index contributed by atoms with van der Waals surface area (Å²) in [6, 6.07) is 2.74. The van der Waals surface area contributed by atoms with Crippen LogP contribution in [0.3, 0.4) is 0 Å². The Morgan fingerprint density at radius 1 is 1.54 bits per heavy atom. The van der Waals surface area contributed by atoms with Crippen molar-refractivity contribution < 1.29 is 4.79 Å². The molecule has 0 saturated heterocycles. The zero-order valence-corrected chi connectivity index (χ0v) is 8.26. The molecule has 70 valence electrons. The Kier molecular flexibility index (Phi) is 6.46. The van der Waals surface area contributed by atoms with Crippen LogP contribution in [0.4, 0.5) is 0 Å². The molecule has 0 aliphatic heterocycles. The zero-order valence-electron chi connectivity index (χ0n) is 8.26. The van der Waals surface area contributed by atoms with Gasteiger partial charge in [0, 0.05) is 25.4 Å². The molecule has 13 heavy (non-hydrogen) atoms. The van der Waals surface area contributed by atoms with Gasteiger partial charge in [-0.3, -0.25) is 9.69 Å². The van der Waals surface area contributed by atoms with Crippen LogP contribution in [0.1, 0.15) is 33.1 Å². The van der Waals surface area contributed by atoms with Crippen molar-refractivity contribution in [1.82, 2.24) is 4.90 Å². The van der Waals surface area contributed by atoms with Crippen LogP contribution in [0, 0.1) is 24.3 Å². The summed E-state index contributed by atoms with van der Waals surface area (Å²) in [5, 5.41) is 0. The third kappa shape index (κ3) is 4.93. The molecule has 0 unspecified atom stereocenters. The average Bonchev–Trinajstić information content (AvgIpc) is 2.14. The molecule has 0 aromatic carbocycles. The van der Waals surface area contributed by atoms with Crippen LogP contribution in [0.15, 0.2) is 0 Å². The van der Waals surface area contributed by atoms with Crippen molar-refractivity contribution >= 4 is 5.91 Å². The second-order valence-electron chi connectivity index (χ2n) is 2.56. The summed E-state index contributed by atoms with van der Waals surface area (Å²) < 4.78 is 0. The Bertz CT molecular complexity index is 251. The van der Waals surface area contributed by atoms with Crippen LogP contribution in [0.25, 0.3) is 0 Å². The number of unbranched alkanes of at least 4 members (excludes halogenated alkanes) is 1. The molecule has 0 aromatic rings. The summed E-state index contributed by atoms with van der Waals surface area (Å²) in [6.45, 7) is 4.26. The highest BCUT2D eigenvalue weighted by Crippen LogP contribution is 1.99. The second-order valence-corrected chi connectivity index (χ2v) is 2.56. The van der Waals surface area contributed by atoms with Crippen molar-refractivity contribution in [1.29, 1.82) is 0 Å². The summed E-state index contributed by atoms with van der Waals surface area (Å²) in [7, 11) is 0. The van der Waals surface area contributed by atoms with Gasteiger partial charge < -0.3 is 0 Å². The maximum absolute atomic E-state index is 11.4. The van der Waals surface area contributed by atoms with E-state index < -0.39 is 0 Å². The molecule has 0 aliphatic rings. The van der Waals surface area contributed by atoms with Crippen molar-refractivity contribution in [3.8, 4) is 24.3 Å². The van der Waals surface area contributed by atoms with Crippen LogP contribution < -0.4 is 0 Å². The Morgan fingerprint density at radius 3 is 2.69 bits per heavy atom. The van der Waals surface area contributed by atoms with Crippen LogP contribution in [-0.4, -0.2) is 17.4 Å². The minimum Gasteiger partial charge on any atom is -0.274 e. The predicted molar refractivity (Wildman–Crippen MR) is 53.5 cm³/mol. The van der Waals surface area contributed by atoms with E-state index in [0.717, 1.165) is 6.42 Å². The molecular weight excluding hydrogens is 162 g/mol. The first-order valence-corrected chi connectivity index (χ1v) is 4.42. The van der Waals surface area contributed by atoms with E-state index in [2.05, 4.69) is 17.9 Å². The first-order valence-electron chi connectivity index (χ1n) is 4.42. The molecule has 0 fully saturated rings. The van der Waals surface area contributed by atoms with Crippen molar-refractivity contribution in [2.24, 2.45) is 0 Å². The standard InChI is InChI=1S/C11H15NO/c1-4-7-8-9-11(13)12(6-3)10-5-2/h1H,6-9H2,2-3H3.